The molecule has 1 aliphatic heterocycles. The zero-order valence-corrected chi connectivity index (χ0v) is 15.3. The predicted molar refractivity (Wildman–Crippen MR) is 102 cm³/mol. The Balaban J connectivity index is 1.42. The van der Waals surface area contributed by atoms with Gasteiger partial charge in [-0.15, -0.1) is 0 Å². The summed E-state index contributed by atoms with van der Waals surface area (Å²) in [4.78, 5) is 10.9. The first kappa shape index (κ1) is 16.7. The SMILES string of the molecule is Cc1cccc(C)c1CN1CCn2nc(CNc3ncccn3)cc2C1. The number of aromatic nitrogens is 4. The van der Waals surface area contributed by atoms with Gasteiger partial charge in [0.25, 0.3) is 0 Å². The zero-order chi connectivity index (χ0) is 17.9. The molecule has 0 saturated heterocycles. The van der Waals surface area contributed by atoms with Crippen LogP contribution >= 0.6 is 0 Å². The molecule has 0 spiro atoms. The van der Waals surface area contributed by atoms with Crippen LogP contribution in [0.3, 0.4) is 0 Å². The molecule has 6 heteroatoms. The van der Waals surface area contributed by atoms with Crippen LogP contribution in [0.5, 0.6) is 0 Å². The number of fused-ring (bicyclic) bond motifs is 1. The van der Waals surface area contributed by atoms with Gasteiger partial charge in [0.1, 0.15) is 0 Å². The normalized spacial score (nSPS) is 14.2. The van der Waals surface area contributed by atoms with Crippen molar-refractivity contribution in [1.29, 1.82) is 0 Å². The summed E-state index contributed by atoms with van der Waals surface area (Å²) in [5.74, 6) is 0.634. The van der Waals surface area contributed by atoms with Gasteiger partial charge in [-0.3, -0.25) is 9.58 Å². The van der Waals surface area contributed by atoms with Crippen molar-refractivity contribution in [3.63, 3.8) is 0 Å². The molecule has 0 atom stereocenters. The van der Waals surface area contributed by atoms with Crippen molar-refractivity contribution in [3.05, 3.63) is 70.8 Å². The largest absolute Gasteiger partial charge is 0.348 e. The van der Waals surface area contributed by atoms with Gasteiger partial charge in [0.2, 0.25) is 5.95 Å². The van der Waals surface area contributed by atoms with Gasteiger partial charge in [0.15, 0.2) is 0 Å². The number of aryl methyl sites for hydroxylation is 2. The van der Waals surface area contributed by atoms with E-state index >= 15 is 0 Å². The summed E-state index contributed by atoms with van der Waals surface area (Å²) in [5, 5.41) is 7.94. The average molecular weight is 348 g/mol. The van der Waals surface area contributed by atoms with E-state index in [2.05, 4.69) is 63.0 Å². The minimum Gasteiger partial charge on any atom is -0.348 e. The van der Waals surface area contributed by atoms with Crippen LogP contribution in [0.4, 0.5) is 5.95 Å². The maximum Gasteiger partial charge on any atom is 0.222 e. The molecule has 0 amide bonds. The Morgan fingerprint density at radius 3 is 2.58 bits per heavy atom. The Kier molecular flexibility index (Phi) is 4.67. The Bertz CT molecular complexity index is 866. The maximum atomic E-state index is 4.71. The van der Waals surface area contributed by atoms with Crippen molar-refractivity contribution in [2.24, 2.45) is 0 Å². The number of hydrogen-bond donors (Lipinski definition) is 1. The average Bonchev–Trinajstić information content (AvgIpc) is 3.06. The third-order valence-electron chi connectivity index (χ3n) is 4.95. The number of hydrogen-bond acceptors (Lipinski definition) is 5. The van der Waals surface area contributed by atoms with E-state index in [1.54, 1.807) is 12.4 Å². The molecule has 6 nitrogen and oxygen atoms in total. The number of benzene rings is 1. The zero-order valence-electron chi connectivity index (χ0n) is 15.3. The molecule has 0 radical (unpaired) electrons. The molecule has 0 saturated carbocycles. The summed E-state index contributed by atoms with van der Waals surface area (Å²) in [6.45, 7) is 8.93. The van der Waals surface area contributed by atoms with Gasteiger partial charge in [-0.25, -0.2) is 9.97 Å². The first-order chi connectivity index (χ1) is 12.7. The van der Waals surface area contributed by atoms with E-state index < -0.39 is 0 Å². The van der Waals surface area contributed by atoms with E-state index in [0.29, 0.717) is 12.5 Å². The number of nitrogens with one attached hydrogen (secondary N) is 1. The van der Waals surface area contributed by atoms with E-state index in [1.165, 1.54) is 22.4 Å². The summed E-state index contributed by atoms with van der Waals surface area (Å²) in [6.07, 6.45) is 3.47. The van der Waals surface area contributed by atoms with Crippen molar-refractivity contribution in [2.45, 2.75) is 40.0 Å². The van der Waals surface area contributed by atoms with E-state index in [1.807, 2.05) is 6.07 Å². The van der Waals surface area contributed by atoms with Gasteiger partial charge < -0.3 is 5.32 Å². The number of rotatable bonds is 5. The lowest BCUT2D eigenvalue weighted by atomic mass is 10.0. The highest BCUT2D eigenvalue weighted by molar-refractivity contribution is 5.33. The number of nitrogens with zero attached hydrogens (tertiary/aromatic N) is 5. The van der Waals surface area contributed by atoms with Crippen molar-refractivity contribution in [1.82, 2.24) is 24.6 Å². The summed E-state index contributed by atoms with van der Waals surface area (Å²) in [5.41, 5.74) is 6.49. The molecular weight excluding hydrogens is 324 g/mol. The first-order valence-electron chi connectivity index (χ1n) is 9.03. The molecular formula is C20H24N6. The van der Waals surface area contributed by atoms with Crippen LogP contribution in [0, 0.1) is 13.8 Å². The fraction of sp³-hybridized carbons (Fsp3) is 0.350. The topological polar surface area (TPSA) is 58.9 Å². The summed E-state index contributed by atoms with van der Waals surface area (Å²) < 4.78 is 2.13. The van der Waals surface area contributed by atoms with Crippen molar-refractivity contribution in [3.8, 4) is 0 Å². The van der Waals surface area contributed by atoms with E-state index in [-0.39, 0.29) is 0 Å². The Hall–Kier alpha value is -2.73. The quantitative estimate of drug-likeness (QED) is 0.768. The second-order valence-electron chi connectivity index (χ2n) is 6.86. The molecule has 3 heterocycles. The molecule has 0 unspecified atom stereocenters. The smallest absolute Gasteiger partial charge is 0.222 e. The third-order valence-corrected chi connectivity index (χ3v) is 4.95. The lowest BCUT2D eigenvalue weighted by molar-refractivity contribution is 0.204. The standard InChI is InChI=1S/C20H24N6/c1-15-5-3-6-16(2)19(15)14-25-9-10-26-18(13-25)11-17(24-26)12-23-20-21-7-4-8-22-20/h3-8,11H,9-10,12-14H2,1-2H3,(H,21,22,23). The van der Waals surface area contributed by atoms with E-state index in [9.17, 15) is 0 Å². The Morgan fingerprint density at radius 2 is 1.81 bits per heavy atom. The molecule has 134 valence electrons. The molecule has 1 N–H and O–H groups in total. The lowest BCUT2D eigenvalue weighted by Gasteiger charge is -2.28. The van der Waals surface area contributed by atoms with Gasteiger partial charge in [-0.2, -0.15) is 5.10 Å². The van der Waals surface area contributed by atoms with Crippen LogP contribution in [0.2, 0.25) is 0 Å². The second-order valence-corrected chi connectivity index (χ2v) is 6.86. The van der Waals surface area contributed by atoms with Gasteiger partial charge in [0, 0.05) is 32.0 Å². The summed E-state index contributed by atoms with van der Waals surface area (Å²) >= 11 is 0. The highest BCUT2D eigenvalue weighted by Gasteiger charge is 2.19. The fourth-order valence-corrected chi connectivity index (χ4v) is 3.48. The van der Waals surface area contributed by atoms with Gasteiger partial charge in [-0.05, 0) is 42.7 Å². The molecule has 4 rings (SSSR count). The third kappa shape index (κ3) is 3.60. The van der Waals surface area contributed by atoms with Crippen LogP contribution in [0.25, 0.3) is 0 Å². The molecule has 1 aliphatic rings. The minimum atomic E-state index is 0.634. The van der Waals surface area contributed by atoms with Gasteiger partial charge in [0.05, 0.1) is 24.5 Å². The van der Waals surface area contributed by atoms with Crippen LogP contribution in [0.15, 0.2) is 42.7 Å². The highest BCUT2D eigenvalue weighted by Crippen LogP contribution is 2.20. The lowest BCUT2D eigenvalue weighted by Crippen LogP contribution is -2.33. The van der Waals surface area contributed by atoms with Crippen LogP contribution in [-0.2, 0) is 26.2 Å². The monoisotopic (exact) mass is 348 g/mol. The van der Waals surface area contributed by atoms with Crippen LogP contribution in [-0.4, -0.2) is 31.2 Å². The van der Waals surface area contributed by atoms with E-state index in [4.69, 9.17) is 5.10 Å². The van der Waals surface area contributed by atoms with E-state index in [0.717, 1.165) is 31.9 Å². The molecule has 2 aromatic heterocycles. The molecule has 1 aromatic carbocycles. The minimum absolute atomic E-state index is 0.634. The Morgan fingerprint density at radius 1 is 1.04 bits per heavy atom. The first-order valence-corrected chi connectivity index (χ1v) is 9.03. The van der Waals surface area contributed by atoms with Gasteiger partial charge >= 0.3 is 0 Å². The molecule has 26 heavy (non-hydrogen) atoms. The Labute approximate surface area is 153 Å². The van der Waals surface area contributed by atoms with Crippen molar-refractivity contribution >= 4 is 5.95 Å². The maximum absolute atomic E-state index is 4.71. The van der Waals surface area contributed by atoms with Crippen LogP contribution in [0.1, 0.15) is 28.1 Å². The highest BCUT2D eigenvalue weighted by atomic mass is 15.3. The number of anilines is 1. The fourth-order valence-electron chi connectivity index (χ4n) is 3.48. The van der Waals surface area contributed by atoms with Crippen molar-refractivity contribution in [2.75, 3.05) is 11.9 Å². The molecule has 0 fully saturated rings. The molecule has 0 bridgehead atoms. The predicted octanol–water partition coefficient (Wildman–Crippen LogP) is 2.92. The summed E-state index contributed by atoms with van der Waals surface area (Å²) in [7, 11) is 0. The van der Waals surface area contributed by atoms with Crippen LogP contribution < -0.4 is 5.32 Å². The van der Waals surface area contributed by atoms with Gasteiger partial charge in [-0.1, -0.05) is 18.2 Å². The summed E-state index contributed by atoms with van der Waals surface area (Å²) in [6, 6.07) is 10.5. The molecule has 0 aliphatic carbocycles. The second kappa shape index (κ2) is 7.25. The van der Waals surface area contributed by atoms with Crippen molar-refractivity contribution < 1.29 is 0 Å². The molecule has 3 aromatic rings.